The number of hydrogen-bond acceptors (Lipinski definition) is 2. The van der Waals surface area contributed by atoms with Gasteiger partial charge >= 0.3 is 49.4 Å². The third-order valence-corrected chi connectivity index (χ3v) is 14.5. The van der Waals surface area contributed by atoms with Crippen LogP contribution in [0.25, 0.3) is 0 Å². The summed E-state index contributed by atoms with van der Waals surface area (Å²) < 4.78 is 354. The molecule has 83 heavy (non-hydrogen) atoms. The molecule has 1 atom stereocenters. The maximum absolute atomic E-state index is 14.2. The van der Waals surface area contributed by atoms with E-state index in [-0.39, 0.29) is 11.5 Å². The fourth-order valence-corrected chi connectivity index (χ4v) is 10.3. The standard InChI is InChI=1S/C32H12BF24.C23H19O2S/c34-25(35,36)13-1-14(26(37,38)39)6-21(5-13)33(22-7-15(27(40,41)42)2-16(8-22)28(43,44)45,23-9-17(29(46,47)48)3-18(10-23)30(49,50)51)24-11-19(31(52,53)54)4-20(12-24)32(55,56)57;1-19-12-14-21(15-13-19)23(24)18-26(25,22-10-6-3-7-11-22)17-16-20-8-4-2-5-9-20/h1-12H;2-15H,18H2,1H3/q-1;+1. The van der Waals surface area contributed by atoms with E-state index in [0.717, 1.165) is 11.1 Å². The zero-order valence-corrected chi connectivity index (χ0v) is 41.9. The Morgan fingerprint density at radius 3 is 0.880 bits per heavy atom. The molecule has 0 aliphatic carbocycles. The average Bonchev–Trinajstić information content (AvgIpc) is 1.21. The van der Waals surface area contributed by atoms with Gasteiger partial charge in [0.15, 0.2) is 15.9 Å². The van der Waals surface area contributed by atoms with Crippen LogP contribution >= 0.6 is 0 Å². The Bertz CT molecular complexity index is 3160. The van der Waals surface area contributed by atoms with Crippen LogP contribution in [0.3, 0.4) is 0 Å². The number of aryl methyl sites for hydroxylation is 1. The summed E-state index contributed by atoms with van der Waals surface area (Å²) in [4.78, 5) is 13.3. The average molecular weight is 1220 g/mol. The summed E-state index contributed by atoms with van der Waals surface area (Å²) in [7, 11) is -2.83. The molecule has 0 saturated heterocycles. The van der Waals surface area contributed by atoms with E-state index in [1.807, 2.05) is 67.6 Å². The zero-order chi connectivity index (χ0) is 62.3. The summed E-state index contributed by atoms with van der Waals surface area (Å²) in [5, 5.41) is 2.90. The SMILES string of the molecule is Cc1ccc(C(=O)C[S+](=O)(C#Cc2ccccc2)c2ccccc2)cc1.FC(F)(F)c1cc([B-](c2cc(C(F)(F)F)cc(C(F)(F)F)c2)(c2cc(C(F)(F)F)cc(C(F)(F)F)c2)c2cc(C(F)(F)F)cc(C(F)(F)F)c2)cc(C(F)(F)F)c1. The van der Waals surface area contributed by atoms with E-state index in [4.69, 9.17) is 0 Å². The van der Waals surface area contributed by atoms with Gasteiger partial charge in [0.25, 0.3) is 0 Å². The first-order chi connectivity index (χ1) is 37.8. The Kier molecular flexibility index (Phi) is 17.7. The fourth-order valence-electron chi connectivity index (χ4n) is 8.56. The minimum absolute atomic E-state index is 0.125. The number of ketones is 1. The van der Waals surface area contributed by atoms with Gasteiger partial charge in [0.2, 0.25) is 15.7 Å². The summed E-state index contributed by atoms with van der Waals surface area (Å²) >= 11 is 0. The van der Waals surface area contributed by atoms with Gasteiger partial charge in [-0.3, -0.25) is 4.79 Å². The fraction of sp³-hybridized carbons (Fsp3) is 0.182. The molecule has 7 aromatic carbocycles. The molecule has 7 rings (SSSR count). The van der Waals surface area contributed by atoms with Crippen molar-refractivity contribution in [2.75, 3.05) is 5.75 Å². The first-order valence-electron chi connectivity index (χ1n) is 22.9. The van der Waals surface area contributed by atoms with Crippen LogP contribution in [0.5, 0.6) is 0 Å². The number of halogens is 24. The van der Waals surface area contributed by atoms with Gasteiger partial charge < -0.3 is 0 Å². The van der Waals surface area contributed by atoms with E-state index >= 15 is 0 Å². The van der Waals surface area contributed by atoms with Crippen molar-refractivity contribution in [3.63, 3.8) is 0 Å². The molecule has 0 amide bonds. The maximum Gasteiger partial charge on any atom is 0.416 e. The van der Waals surface area contributed by atoms with Gasteiger partial charge in [-0.25, -0.2) is 0 Å². The van der Waals surface area contributed by atoms with Crippen molar-refractivity contribution in [1.29, 1.82) is 0 Å². The highest BCUT2D eigenvalue weighted by Crippen LogP contribution is 2.41. The number of alkyl halides is 24. The third-order valence-electron chi connectivity index (χ3n) is 12.4. The van der Waals surface area contributed by atoms with Gasteiger partial charge in [0.1, 0.15) is 6.15 Å². The van der Waals surface area contributed by atoms with Crippen LogP contribution in [-0.2, 0) is 63.6 Å². The van der Waals surface area contributed by atoms with Gasteiger partial charge in [-0.05, 0) is 61.4 Å². The summed E-state index contributed by atoms with van der Waals surface area (Å²) in [5.41, 5.74) is -27.8. The van der Waals surface area contributed by atoms with Crippen molar-refractivity contribution in [2.45, 2.75) is 61.2 Å². The lowest BCUT2D eigenvalue weighted by molar-refractivity contribution is -0.144. The Balaban J connectivity index is 0.000000352. The van der Waals surface area contributed by atoms with Crippen molar-refractivity contribution in [1.82, 2.24) is 0 Å². The quantitative estimate of drug-likeness (QED) is 0.0500. The molecule has 0 radical (unpaired) electrons. The van der Waals surface area contributed by atoms with E-state index in [1.165, 1.54) is 0 Å². The molecule has 440 valence electrons. The molecule has 0 aliphatic heterocycles. The second kappa shape index (κ2) is 22.8. The lowest BCUT2D eigenvalue weighted by Crippen LogP contribution is -2.75. The van der Waals surface area contributed by atoms with Crippen molar-refractivity contribution in [3.05, 3.63) is 219 Å². The number of hydrogen-bond donors (Lipinski definition) is 0. The predicted molar refractivity (Wildman–Crippen MR) is 257 cm³/mol. The molecule has 0 spiro atoms. The van der Waals surface area contributed by atoms with Gasteiger partial charge in [-0.2, -0.15) is 127 Å². The van der Waals surface area contributed by atoms with E-state index in [0.29, 0.717) is 10.5 Å². The van der Waals surface area contributed by atoms with Gasteiger partial charge in [-0.1, -0.05) is 119 Å². The van der Waals surface area contributed by atoms with Crippen molar-refractivity contribution in [2.24, 2.45) is 0 Å². The Morgan fingerprint density at radius 1 is 0.373 bits per heavy atom. The molecule has 1 unspecified atom stereocenters. The van der Waals surface area contributed by atoms with E-state index in [2.05, 4.69) is 11.2 Å². The van der Waals surface area contributed by atoms with E-state index < -0.39 is 205 Å². The van der Waals surface area contributed by atoms with Crippen molar-refractivity contribution < 1.29 is 114 Å². The molecular formula is C55H31BF24O2S. The summed E-state index contributed by atoms with van der Waals surface area (Å²) in [6.45, 7) is 1.96. The number of rotatable bonds is 8. The molecule has 7 aromatic rings. The number of carbonyl (C=O) groups is 1. The molecule has 0 saturated carbocycles. The highest BCUT2D eigenvalue weighted by molar-refractivity contribution is 8.07. The Hall–Kier alpha value is -7.70. The zero-order valence-electron chi connectivity index (χ0n) is 41.1. The third kappa shape index (κ3) is 15.3. The number of carbonyl (C=O) groups excluding carboxylic acids is 1. The first-order valence-corrected chi connectivity index (χ1v) is 24.7. The molecule has 0 N–H and O–H groups in total. The predicted octanol–water partition coefficient (Wildman–Crippen LogP) is 16.0. The molecule has 0 fully saturated rings. The van der Waals surface area contributed by atoms with Gasteiger partial charge in [0, 0.05) is 11.1 Å². The maximum atomic E-state index is 14.2. The van der Waals surface area contributed by atoms with E-state index in [1.54, 1.807) is 24.3 Å². The van der Waals surface area contributed by atoms with Crippen LogP contribution in [0.15, 0.2) is 163 Å². The second-order valence-electron chi connectivity index (χ2n) is 18.2. The largest absolute Gasteiger partial charge is 0.416 e. The lowest BCUT2D eigenvalue weighted by atomic mass is 9.12. The molecule has 0 aliphatic rings. The normalized spacial score (nSPS) is 13.7. The van der Waals surface area contributed by atoms with Crippen LogP contribution in [0.4, 0.5) is 105 Å². The number of Topliss-reactive ketones (excluding diaryl/α,β-unsaturated/α-hetero) is 1. The Labute approximate surface area is 454 Å². The molecule has 2 nitrogen and oxygen atoms in total. The monoisotopic (exact) mass is 1220 g/mol. The van der Waals surface area contributed by atoms with Gasteiger partial charge in [0.05, 0.1) is 44.5 Å². The van der Waals surface area contributed by atoms with Crippen molar-refractivity contribution >= 4 is 43.7 Å². The van der Waals surface area contributed by atoms with Crippen LogP contribution in [-0.4, -0.2) is 17.7 Å². The molecule has 0 bridgehead atoms. The van der Waals surface area contributed by atoms with Crippen LogP contribution in [0.2, 0.25) is 0 Å². The minimum Gasteiger partial charge on any atom is -0.289 e. The second-order valence-corrected chi connectivity index (χ2v) is 20.6. The van der Waals surface area contributed by atoms with Crippen LogP contribution in [0.1, 0.15) is 66.0 Å². The van der Waals surface area contributed by atoms with E-state index in [9.17, 15) is 114 Å². The summed E-state index contributed by atoms with van der Waals surface area (Å²) in [6.07, 6.45) is -54.8. The van der Waals surface area contributed by atoms with Crippen LogP contribution < -0.4 is 21.9 Å². The smallest absolute Gasteiger partial charge is 0.289 e. The Morgan fingerprint density at radius 2 is 0.627 bits per heavy atom. The highest BCUT2D eigenvalue weighted by atomic mass is 32.2. The topological polar surface area (TPSA) is 34.1 Å². The molecule has 28 heteroatoms. The number of benzene rings is 7. The summed E-state index contributed by atoms with van der Waals surface area (Å²) in [5.74, 6) is 2.68. The minimum atomic E-state index is -6.13. The van der Waals surface area contributed by atoms with Crippen molar-refractivity contribution in [3.8, 4) is 11.2 Å². The lowest BCUT2D eigenvalue weighted by Gasteiger charge is -2.46. The highest BCUT2D eigenvalue weighted by Gasteiger charge is 2.47. The first kappa shape index (κ1) is 64.5. The molecule has 0 heterocycles. The molecule has 0 aromatic heterocycles. The van der Waals surface area contributed by atoms with Gasteiger partial charge in [-0.15, -0.1) is 0 Å². The summed E-state index contributed by atoms with van der Waals surface area (Å²) in [6, 6.07) is 16.9. The van der Waals surface area contributed by atoms with Crippen LogP contribution in [0, 0.1) is 18.1 Å². The molecular weight excluding hydrogens is 1190 g/mol.